The largest absolute Gasteiger partial charge is 0.365 e. The summed E-state index contributed by atoms with van der Waals surface area (Å²) >= 11 is 6.00. The quantitative estimate of drug-likeness (QED) is 0.819. The van der Waals surface area contributed by atoms with Gasteiger partial charge in [0.25, 0.3) is 5.95 Å². The molecule has 0 aliphatic rings. The van der Waals surface area contributed by atoms with Crippen molar-refractivity contribution in [3.63, 3.8) is 0 Å². The van der Waals surface area contributed by atoms with Gasteiger partial charge in [0.15, 0.2) is 0 Å². The van der Waals surface area contributed by atoms with Gasteiger partial charge in [-0.3, -0.25) is 0 Å². The summed E-state index contributed by atoms with van der Waals surface area (Å²) in [5.41, 5.74) is 7.04. The Labute approximate surface area is 91.2 Å². The molecule has 0 fully saturated rings. The van der Waals surface area contributed by atoms with Crippen LogP contribution < -0.4 is 11.1 Å². The lowest BCUT2D eigenvalue weighted by molar-refractivity contribution is 0.436. The van der Waals surface area contributed by atoms with Gasteiger partial charge in [-0.2, -0.15) is 4.98 Å². The predicted octanol–water partition coefficient (Wildman–Crippen LogP) is 2.36. The Morgan fingerprint density at radius 3 is 2.87 bits per heavy atom. The lowest BCUT2D eigenvalue weighted by atomic mass is 10.2. The molecule has 0 radical (unpaired) electrons. The number of nitrogen functional groups attached to an aromatic ring is 1. The highest BCUT2D eigenvalue weighted by Crippen LogP contribution is 2.27. The smallest absolute Gasteiger partial charge is 0.327 e. The molecule has 1 heterocycles. The molecule has 15 heavy (non-hydrogen) atoms. The monoisotopic (exact) mass is 224 g/mol. The second-order valence-corrected chi connectivity index (χ2v) is 3.42. The summed E-state index contributed by atoms with van der Waals surface area (Å²) in [6.45, 7) is 1.92. The number of rotatable bonds is 2. The third kappa shape index (κ3) is 2.02. The van der Waals surface area contributed by atoms with E-state index in [1.807, 2.05) is 19.1 Å². The highest BCUT2D eigenvalue weighted by Gasteiger charge is 2.08. The molecule has 1 aromatic heterocycles. The summed E-state index contributed by atoms with van der Waals surface area (Å²) in [7, 11) is 0. The van der Waals surface area contributed by atoms with Crippen molar-refractivity contribution in [2.45, 2.75) is 6.92 Å². The van der Waals surface area contributed by atoms with Crippen molar-refractivity contribution in [1.29, 1.82) is 0 Å². The Hall–Kier alpha value is -1.75. The number of halogens is 1. The van der Waals surface area contributed by atoms with Gasteiger partial charge in [0, 0.05) is 0 Å². The van der Waals surface area contributed by atoms with Gasteiger partial charge in [0.1, 0.15) is 0 Å². The lowest BCUT2D eigenvalue weighted by Gasteiger charge is -2.06. The average molecular weight is 225 g/mol. The number of para-hydroxylation sites is 1. The van der Waals surface area contributed by atoms with Crippen LogP contribution in [0.25, 0.3) is 0 Å². The highest BCUT2D eigenvalue weighted by molar-refractivity contribution is 6.33. The third-order valence-electron chi connectivity index (χ3n) is 1.90. The van der Waals surface area contributed by atoms with E-state index in [2.05, 4.69) is 15.5 Å². The number of hydrogen-bond acceptors (Lipinski definition) is 5. The summed E-state index contributed by atoms with van der Waals surface area (Å²) in [5.74, 6) is 0.0854. The molecule has 78 valence electrons. The van der Waals surface area contributed by atoms with Crippen LogP contribution in [0.2, 0.25) is 5.02 Å². The summed E-state index contributed by atoms with van der Waals surface area (Å²) in [5, 5.41) is 6.96. The molecule has 1 aromatic carbocycles. The van der Waals surface area contributed by atoms with Crippen LogP contribution in [-0.2, 0) is 0 Å². The number of anilines is 3. The number of nitrogens with zero attached hydrogens (tertiary/aromatic N) is 2. The normalized spacial score (nSPS) is 10.3. The van der Waals surface area contributed by atoms with Crippen molar-refractivity contribution in [2.75, 3.05) is 11.1 Å². The zero-order valence-corrected chi connectivity index (χ0v) is 8.75. The molecule has 0 saturated carbocycles. The minimum Gasteiger partial charge on any atom is -0.365 e. The van der Waals surface area contributed by atoms with E-state index < -0.39 is 0 Å². The van der Waals surface area contributed by atoms with Crippen molar-refractivity contribution in [3.05, 3.63) is 28.8 Å². The van der Waals surface area contributed by atoms with Gasteiger partial charge in [-0.15, -0.1) is 0 Å². The number of nitrogens with one attached hydrogen (secondary N) is 1. The topological polar surface area (TPSA) is 77.0 Å². The summed E-state index contributed by atoms with van der Waals surface area (Å²) in [6.07, 6.45) is 0. The fraction of sp³-hybridized carbons (Fsp3) is 0.111. The summed E-state index contributed by atoms with van der Waals surface area (Å²) < 4.78 is 4.82. The molecule has 0 atom stereocenters. The molecule has 5 nitrogen and oxygen atoms in total. The Bertz CT molecular complexity index is 462. The van der Waals surface area contributed by atoms with Gasteiger partial charge in [-0.05, 0) is 23.7 Å². The summed E-state index contributed by atoms with van der Waals surface area (Å²) in [4.78, 5) is 3.82. The van der Waals surface area contributed by atoms with E-state index in [0.717, 1.165) is 11.3 Å². The van der Waals surface area contributed by atoms with Gasteiger partial charge < -0.3 is 15.6 Å². The molecule has 6 heteroatoms. The molecule has 3 N–H and O–H groups in total. The van der Waals surface area contributed by atoms with Gasteiger partial charge in [-0.25, -0.2) is 0 Å². The van der Waals surface area contributed by atoms with Crippen molar-refractivity contribution >= 4 is 29.3 Å². The Balaban J connectivity index is 2.31. The molecule has 0 amide bonds. The molecule has 0 bridgehead atoms. The highest BCUT2D eigenvalue weighted by atomic mass is 35.5. The van der Waals surface area contributed by atoms with Gasteiger partial charge in [-0.1, -0.05) is 23.7 Å². The number of benzene rings is 1. The first-order chi connectivity index (χ1) is 7.16. The van der Waals surface area contributed by atoms with E-state index in [1.165, 1.54) is 0 Å². The van der Waals surface area contributed by atoms with Gasteiger partial charge >= 0.3 is 6.01 Å². The van der Waals surface area contributed by atoms with Crippen molar-refractivity contribution in [1.82, 2.24) is 10.1 Å². The molecular formula is C9H9ClN4O. The van der Waals surface area contributed by atoms with Crippen LogP contribution in [0.5, 0.6) is 0 Å². The van der Waals surface area contributed by atoms with Crippen LogP contribution in [0.1, 0.15) is 5.56 Å². The second kappa shape index (κ2) is 3.78. The predicted molar refractivity (Wildman–Crippen MR) is 58.2 cm³/mol. The van der Waals surface area contributed by atoms with E-state index in [-0.39, 0.29) is 12.0 Å². The van der Waals surface area contributed by atoms with Crippen LogP contribution in [0, 0.1) is 6.92 Å². The SMILES string of the molecule is Cc1cccc(Cl)c1Nc1nc(N)no1. The van der Waals surface area contributed by atoms with Crippen LogP contribution in [-0.4, -0.2) is 10.1 Å². The van der Waals surface area contributed by atoms with Crippen molar-refractivity contribution in [3.8, 4) is 0 Å². The first-order valence-electron chi connectivity index (χ1n) is 4.28. The molecule has 0 spiro atoms. The van der Waals surface area contributed by atoms with E-state index in [0.29, 0.717) is 5.02 Å². The van der Waals surface area contributed by atoms with E-state index in [4.69, 9.17) is 21.9 Å². The molecule has 0 aliphatic carbocycles. The van der Waals surface area contributed by atoms with Gasteiger partial charge in [0.2, 0.25) is 0 Å². The minimum absolute atomic E-state index is 0.0854. The first kappa shape index (κ1) is 9.79. The van der Waals surface area contributed by atoms with E-state index in [9.17, 15) is 0 Å². The maximum atomic E-state index is 6.00. The van der Waals surface area contributed by atoms with Crippen molar-refractivity contribution in [2.24, 2.45) is 0 Å². The van der Waals surface area contributed by atoms with Crippen LogP contribution in [0.3, 0.4) is 0 Å². The second-order valence-electron chi connectivity index (χ2n) is 3.01. The van der Waals surface area contributed by atoms with E-state index >= 15 is 0 Å². The fourth-order valence-corrected chi connectivity index (χ4v) is 1.45. The first-order valence-corrected chi connectivity index (χ1v) is 4.66. The molecular weight excluding hydrogens is 216 g/mol. The van der Waals surface area contributed by atoms with Crippen LogP contribution in [0.4, 0.5) is 17.7 Å². The van der Waals surface area contributed by atoms with Crippen LogP contribution >= 0.6 is 11.6 Å². The molecule has 0 saturated heterocycles. The zero-order valence-electron chi connectivity index (χ0n) is 7.99. The maximum absolute atomic E-state index is 6.00. The number of nitrogens with two attached hydrogens (primary N) is 1. The molecule has 0 aliphatic heterocycles. The van der Waals surface area contributed by atoms with Gasteiger partial charge in [0.05, 0.1) is 10.7 Å². The number of aromatic nitrogens is 2. The van der Waals surface area contributed by atoms with Crippen LogP contribution in [0.15, 0.2) is 22.7 Å². The van der Waals surface area contributed by atoms with E-state index in [1.54, 1.807) is 6.07 Å². The van der Waals surface area contributed by atoms with Crippen molar-refractivity contribution < 1.29 is 4.52 Å². The molecule has 2 aromatic rings. The Kier molecular flexibility index (Phi) is 2.47. The lowest BCUT2D eigenvalue weighted by Crippen LogP contribution is -1.94. The Morgan fingerprint density at radius 1 is 1.47 bits per heavy atom. The number of aryl methyl sites for hydroxylation is 1. The third-order valence-corrected chi connectivity index (χ3v) is 2.21. The standard InChI is InChI=1S/C9H9ClN4O/c1-5-3-2-4-6(10)7(5)12-9-13-8(11)14-15-9/h2-4H,1H3,(H3,11,12,13,14). The number of hydrogen-bond donors (Lipinski definition) is 2. The molecule has 2 rings (SSSR count). The maximum Gasteiger partial charge on any atom is 0.327 e. The Morgan fingerprint density at radius 2 is 2.27 bits per heavy atom. The fourth-order valence-electron chi connectivity index (χ4n) is 1.18. The average Bonchev–Trinajstić information content (AvgIpc) is 2.58. The minimum atomic E-state index is 0.0854. The zero-order chi connectivity index (χ0) is 10.8. The molecule has 0 unspecified atom stereocenters. The summed E-state index contributed by atoms with van der Waals surface area (Å²) in [6, 6.07) is 5.79.